The molecule has 0 saturated heterocycles. The zero-order chi connectivity index (χ0) is 39.2. The summed E-state index contributed by atoms with van der Waals surface area (Å²) in [6, 6.07) is 30.3. The third-order valence-electron chi connectivity index (χ3n) is 17.4. The van der Waals surface area contributed by atoms with Crippen molar-refractivity contribution in [1.29, 1.82) is 0 Å². The highest BCUT2D eigenvalue weighted by Gasteiger charge is 2.71. The number of hydrogen-bond acceptors (Lipinski definition) is 4. The summed E-state index contributed by atoms with van der Waals surface area (Å²) in [6.45, 7) is 15.6. The van der Waals surface area contributed by atoms with Gasteiger partial charge in [0.05, 0.1) is 10.8 Å². The van der Waals surface area contributed by atoms with Gasteiger partial charge in [0.15, 0.2) is 11.4 Å². The predicted molar refractivity (Wildman–Crippen MR) is 216 cm³/mol. The standard InChI is InChI=1S/C50H60O5/c1-33-23-25-46(4)40(49(33,7)42(52)53)24-26-48(6)41(46)39(51)31-37-38-32-45(3,28-27-44(38,2)29-30-47(37,48)5)43(54)55-50(34-17-11-8-12-18-34,35-19-13-9-14-20-35)36-21-15-10-16-22-36/h8-22,31,33,38,40-41H,23-30,32H2,1-7H3,(H,52,53)/t33-,38-,40+,41+,44+,45-,46-,47+,48+,49+/m0/s1. The van der Waals surface area contributed by atoms with Crippen molar-refractivity contribution in [2.45, 2.75) is 112 Å². The Morgan fingerprint density at radius 2 is 1.24 bits per heavy atom. The normalized spacial score (nSPS) is 39.7. The average Bonchev–Trinajstić information content (AvgIpc) is 3.18. The van der Waals surface area contributed by atoms with Gasteiger partial charge in [-0.05, 0) is 117 Å². The van der Waals surface area contributed by atoms with Crippen molar-refractivity contribution in [2.75, 3.05) is 0 Å². The molecule has 1 N–H and O–H groups in total. The molecule has 0 bridgehead atoms. The van der Waals surface area contributed by atoms with Crippen molar-refractivity contribution in [1.82, 2.24) is 0 Å². The van der Waals surface area contributed by atoms with Crippen LogP contribution in [0.4, 0.5) is 0 Å². The summed E-state index contributed by atoms with van der Waals surface area (Å²) in [4.78, 5) is 43.2. The van der Waals surface area contributed by atoms with Crippen LogP contribution in [-0.2, 0) is 24.7 Å². The Bertz CT molecular complexity index is 1930. The van der Waals surface area contributed by atoms with Crippen LogP contribution in [0.15, 0.2) is 103 Å². The van der Waals surface area contributed by atoms with Crippen LogP contribution in [0.1, 0.15) is 123 Å². The topological polar surface area (TPSA) is 80.7 Å². The highest BCUT2D eigenvalue weighted by molar-refractivity contribution is 5.96. The van der Waals surface area contributed by atoms with E-state index in [1.165, 1.54) is 5.57 Å². The SMILES string of the molecule is C[C@H]1CC[C@@]2(C)[C@@H](CC[C@]3(C)[C@@H]2C(=O)C=C2[C@@H]4C[C@@](C)(C(=O)OC(c5ccccc5)(c5ccccc5)c5ccccc5)CC[C@]4(C)CC[C@]23C)[C@]1(C)C(=O)O. The summed E-state index contributed by atoms with van der Waals surface area (Å²) >= 11 is 0. The Hall–Kier alpha value is -3.99. The smallest absolute Gasteiger partial charge is 0.313 e. The second-order valence-electron chi connectivity index (χ2n) is 19.9. The van der Waals surface area contributed by atoms with Crippen molar-refractivity contribution in [3.63, 3.8) is 0 Å². The maximum Gasteiger partial charge on any atom is 0.313 e. The molecule has 4 saturated carbocycles. The van der Waals surface area contributed by atoms with E-state index < -0.39 is 27.8 Å². The van der Waals surface area contributed by atoms with E-state index in [0.29, 0.717) is 6.42 Å². The molecule has 8 rings (SSSR count). The van der Waals surface area contributed by atoms with Crippen molar-refractivity contribution < 1.29 is 24.2 Å². The molecule has 3 aromatic carbocycles. The number of hydrogen-bond donors (Lipinski definition) is 1. The largest absolute Gasteiger partial charge is 0.481 e. The minimum Gasteiger partial charge on any atom is -0.481 e. The molecular formula is C50H60O5. The minimum atomic E-state index is -1.15. The second-order valence-corrected chi connectivity index (χ2v) is 19.9. The Labute approximate surface area is 328 Å². The van der Waals surface area contributed by atoms with Gasteiger partial charge in [-0.2, -0.15) is 0 Å². The average molecular weight is 741 g/mol. The summed E-state index contributed by atoms with van der Waals surface area (Å²) in [6.07, 6.45) is 9.65. The number of carboxylic acid groups (broad SMARTS) is 1. The number of carboxylic acids is 1. The van der Waals surface area contributed by atoms with Crippen LogP contribution in [-0.4, -0.2) is 22.8 Å². The van der Waals surface area contributed by atoms with E-state index in [1.807, 2.05) is 67.6 Å². The van der Waals surface area contributed by atoms with E-state index in [-0.39, 0.29) is 51.7 Å². The van der Waals surface area contributed by atoms with E-state index in [1.54, 1.807) is 0 Å². The molecular weight excluding hydrogens is 681 g/mol. The van der Waals surface area contributed by atoms with Crippen molar-refractivity contribution in [3.05, 3.63) is 119 Å². The molecule has 0 aromatic heterocycles. The van der Waals surface area contributed by atoms with E-state index >= 15 is 4.79 Å². The summed E-state index contributed by atoms with van der Waals surface area (Å²) < 4.78 is 7.09. The number of benzene rings is 3. The number of ether oxygens (including phenoxy) is 1. The van der Waals surface area contributed by atoms with Crippen molar-refractivity contribution in [2.24, 2.45) is 56.2 Å². The van der Waals surface area contributed by atoms with Crippen molar-refractivity contribution in [3.8, 4) is 0 Å². The zero-order valence-electron chi connectivity index (χ0n) is 34.0. The third kappa shape index (κ3) is 5.19. The van der Waals surface area contributed by atoms with Crippen LogP contribution < -0.4 is 0 Å². The van der Waals surface area contributed by atoms with Crippen LogP contribution in [0, 0.1) is 56.2 Å². The number of carbonyl (C=O) groups excluding carboxylic acids is 2. The number of fused-ring (bicyclic) bond motifs is 7. The monoisotopic (exact) mass is 740 g/mol. The fraction of sp³-hybridized carbons (Fsp3) is 0.540. The molecule has 3 aromatic rings. The van der Waals surface area contributed by atoms with Gasteiger partial charge >= 0.3 is 11.9 Å². The molecule has 5 nitrogen and oxygen atoms in total. The first-order valence-corrected chi connectivity index (χ1v) is 20.9. The highest BCUT2D eigenvalue weighted by atomic mass is 16.6. The first-order valence-electron chi connectivity index (χ1n) is 20.9. The van der Waals surface area contributed by atoms with Gasteiger partial charge in [-0.1, -0.05) is 131 Å². The quantitative estimate of drug-likeness (QED) is 0.201. The van der Waals surface area contributed by atoms with E-state index in [0.717, 1.165) is 68.1 Å². The number of carbonyl (C=O) groups is 3. The molecule has 5 aliphatic rings. The number of aliphatic carboxylic acids is 1. The molecule has 5 aliphatic carbocycles. The van der Waals surface area contributed by atoms with E-state index in [9.17, 15) is 14.7 Å². The summed E-state index contributed by atoms with van der Waals surface area (Å²) in [5.41, 5.74) is 0.168. The molecule has 55 heavy (non-hydrogen) atoms. The molecule has 0 aliphatic heterocycles. The van der Waals surface area contributed by atoms with Crippen LogP contribution in [0.2, 0.25) is 0 Å². The molecule has 0 spiro atoms. The second kappa shape index (κ2) is 12.8. The van der Waals surface area contributed by atoms with Gasteiger partial charge in [-0.25, -0.2) is 0 Å². The van der Waals surface area contributed by atoms with Crippen LogP contribution >= 0.6 is 0 Å². The van der Waals surface area contributed by atoms with Gasteiger partial charge in [0, 0.05) is 22.6 Å². The Morgan fingerprint density at radius 1 is 0.709 bits per heavy atom. The van der Waals surface area contributed by atoms with Gasteiger partial charge in [0.2, 0.25) is 0 Å². The Morgan fingerprint density at radius 3 is 1.76 bits per heavy atom. The van der Waals surface area contributed by atoms with Crippen LogP contribution in [0.5, 0.6) is 0 Å². The van der Waals surface area contributed by atoms with Gasteiger partial charge in [0.25, 0.3) is 0 Å². The van der Waals surface area contributed by atoms with Crippen LogP contribution in [0.25, 0.3) is 0 Å². The molecule has 0 unspecified atom stereocenters. The maximum atomic E-state index is 15.2. The lowest BCUT2D eigenvalue weighted by molar-refractivity contribution is -0.205. The Balaban J connectivity index is 1.19. The molecule has 5 heteroatoms. The minimum absolute atomic E-state index is 0.0345. The van der Waals surface area contributed by atoms with Gasteiger partial charge in [-0.15, -0.1) is 0 Å². The van der Waals surface area contributed by atoms with Gasteiger partial charge < -0.3 is 9.84 Å². The number of esters is 1. The predicted octanol–water partition coefficient (Wildman–Crippen LogP) is 11.2. The molecule has 0 heterocycles. The highest BCUT2D eigenvalue weighted by Crippen LogP contribution is 2.75. The summed E-state index contributed by atoms with van der Waals surface area (Å²) in [5.74, 6) is -0.911. The Kier molecular flexibility index (Phi) is 8.80. The number of allylic oxidation sites excluding steroid dienone is 2. The van der Waals surface area contributed by atoms with Crippen molar-refractivity contribution >= 4 is 17.7 Å². The first kappa shape index (κ1) is 37.9. The lowest BCUT2D eigenvalue weighted by atomic mass is 9.33. The fourth-order valence-electron chi connectivity index (χ4n) is 13.6. The molecule has 0 radical (unpaired) electrons. The van der Waals surface area contributed by atoms with E-state index in [4.69, 9.17) is 4.74 Å². The summed E-state index contributed by atoms with van der Waals surface area (Å²) in [5, 5.41) is 10.7. The molecule has 290 valence electrons. The maximum absolute atomic E-state index is 15.2. The zero-order valence-corrected chi connectivity index (χ0v) is 34.0. The third-order valence-corrected chi connectivity index (χ3v) is 17.4. The fourth-order valence-corrected chi connectivity index (χ4v) is 13.6. The van der Waals surface area contributed by atoms with Gasteiger partial charge in [0.1, 0.15) is 0 Å². The lowest BCUT2D eigenvalue weighted by Crippen LogP contribution is -2.67. The lowest BCUT2D eigenvalue weighted by Gasteiger charge is -2.70. The number of ketones is 1. The van der Waals surface area contributed by atoms with Gasteiger partial charge in [-0.3, -0.25) is 14.4 Å². The number of rotatable bonds is 6. The summed E-state index contributed by atoms with van der Waals surface area (Å²) in [7, 11) is 0. The molecule has 10 atom stereocenters. The first-order chi connectivity index (χ1) is 26.0. The van der Waals surface area contributed by atoms with Crippen LogP contribution in [0.3, 0.4) is 0 Å². The molecule has 0 amide bonds. The van der Waals surface area contributed by atoms with E-state index in [2.05, 4.69) is 77.9 Å². The molecule has 4 fully saturated rings.